The number of carbonyl (C=O) groups excluding carboxylic acids is 1. The fraction of sp³-hybridized carbons (Fsp3) is 0.571. The molecule has 0 radical (unpaired) electrons. The molecular weight excluding hydrogens is 312 g/mol. The van der Waals surface area contributed by atoms with Crippen molar-refractivity contribution in [1.29, 1.82) is 0 Å². The smallest absolute Gasteiger partial charge is 0.237 e. The van der Waals surface area contributed by atoms with Crippen LogP contribution < -0.4 is 5.32 Å². The molecule has 4 nitrogen and oxygen atoms in total. The molecule has 2 N–H and O–H groups in total. The normalized spacial score (nSPS) is 25.8. The van der Waals surface area contributed by atoms with Gasteiger partial charge in [0.2, 0.25) is 5.91 Å². The molecule has 3 rings (SSSR count). The molecule has 1 amide bonds. The van der Waals surface area contributed by atoms with Gasteiger partial charge in [-0.05, 0) is 57.2 Å². The van der Waals surface area contributed by atoms with Crippen LogP contribution in [0.2, 0.25) is 0 Å². The van der Waals surface area contributed by atoms with E-state index in [1.165, 1.54) is 5.56 Å². The van der Waals surface area contributed by atoms with Crippen molar-refractivity contribution in [2.24, 2.45) is 11.8 Å². The lowest BCUT2D eigenvalue weighted by atomic mass is 9.89. The van der Waals surface area contributed by atoms with Crippen molar-refractivity contribution in [3.8, 4) is 0 Å². The van der Waals surface area contributed by atoms with Gasteiger partial charge in [0.15, 0.2) is 0 Å². The molecule has 1 aromatic rings. The number of carbonyl (C=O) groups is 1. The van der Waals surface area contributed by atoms with Gasteiger partial charge >= 0.3 is 0 Å². The zero-order chi connectivity index (χ0) is 17.6. The number of likely N-dealkylation sites (tertiary alicyclic amines) is 1. The first-order valence-corrected chi connectivity index (χ1v) is 9.53. The van der Waals surface area contributed by atoms with Crippen molar-refractivity contribution >= 4 is 5.91 Å². The van der Waals surface area contributed by atoms with Crippen molar-refractivity contribution < 1.29 is 9.90 Å². The second-order valence-corrected chi connectivity index (χ2v) is 7.52. The van der Waals surface area contributed by atoms with E-state index in [0.717, 1.165) is 44.7 Å². The van der Waals surface area contributed by atoms with Crippen LogP contribution in [0.15, 0.2) is 42.5 Å². The van der Waals surface area contributed by atoms with Gasteiger partial charge in [-0.3, -0.25) is 9.69 Å². The highest BCUT2D eigenvalue weighted by Crippen LogP contribution is 2.23. The first-order chi connectivity index (χ1) is 12.2. The average Bonchev–Trinajstić information content (AvgIpc) is 3.10. The maximum Gasteiger partial charge on any atom is 0.237 e. The molecular formula is C21H30N2O2. The Morgan fingerprint density at radius 2 is 1.96 bits per heavy atom. The summed E-state index contributed by atoms with van der Waals surface area (Å²) in [6.45, 7) is 4.15. The fourth-order valence-corrected chi connectivity index (χ4v) is 3.98. The lowest BCUT2D eigenvalue weighted by Crippen LogP contribution is -2.50. The van der Waals surface area contributed by atoms with E-state index in [9.17, 15) is 9.90 Å². The third-order valence-corrected chi connectivity index (χ3v) is 5.68. The summed E-state index contributed by atoms with van der Waals surface area (Å²) >= 11 is 0. The Morgan fingerprint density at radius 1 is 1.24 bits per heavy atom. The molecule has 2 aliphatic rings. The van der Waals surface area contributed by atoms with E-state index in [1.54, 1.807) is 0 Å². The molecule has 0 bridgehead atoms. The van der Waals surface area contributed by atoms with Crippen LogP contribution in [0.4, 0.5) is 0 Å². The van der Waals surface area contributed by atoms with Crippen LogP contribution in [0.25, 0.3) is 0 Å². The van der Waals surface area contributed by atoms with Gasteiger partial charge in [-0.25, -0.2) is 0 Å². The lowest BCUT2D eigenvalue weighted by Gasteiger charge is -2.35. The number of hydrogen-bond donors (Lipinski definition) is 2. The number of piperidine rings is 1. The summed E-state index contributed by atoms with van der Waals surface area (Å²) < 4.78 is 0. The lowest BCUT2D eigenvalue weighted by molar-refractivity contribution is -0.126. The standard InChI is InChI=1S/C21H30N2O2/c1-16(21(25)22-20-8-7-19(14-20)15-24)23-11-9-18(10-12-23)13-17-5-3-2-4-6-17/h2-8,16,18-20,24H,9-15H2,1H3,(H,22,25)/t16-,19+,20-/m1/s1. The summed E-state index contributed by atoms with van der Waals surface area (Å²) in [5.74, 6) is 1.01. The van der Waals surface area contributed by atoms with E-state index in [2.05, 4.69) is 40.5 Å². The average molecular weight is 342 g/mol. The second kappa shape index (κ2) is 8.63. The number of nitrogens with zero attached hydrogens (tertiary/aromatic N) is 1. The van der Waals surface area contributed by atoms with Gasteiger partial charge in [0.05, 0.1) is 6.04 Å². The van der Waals surface area contributed by atoms with Crippen LogP contribution >= 0.6 is 0 Å². The summed E-state index contributed by atoms with van der Waals surface area (Å²) in [7, 11) is 0. The van der Waals surface area contributed by atoms with Gasteiger partial charge in [0.1, 0.15) is 0 Å². The third-order valence-electron chi connectivity index (χ3n) is 5.68. The van der Waals surface area contributed by atoms with Crippen LogP contribution in [-0.4, -0.2) is 47.7 Å². The number of aliphatic hydroxyl groups excluding tert-OH is 1. The Kier molecular flexibility index (Phi) is 6.27. The molecule has 1 aromatic carbocycles. The van der Waals surface area contributed by atoms with Gasteiger partial charge in [-0.15, -0.1) is 0 Å². The van der Waals surface area contributed by atoms with E-state index in [1.807, 2.05) is 19.1 Å². The van der Waals surface area contributed by atoms with Crippen molar-refractivity contribution in [3.05, 3.63) is 48.0 Å². The maximum absolute atomic E-state index is 12.5. The minimum absolute atomic E-state index is 0.0720. The number of rotatable bonds is 6. The molecule has 1 heterocycles. The molecule has 0 aromatic heterocycles. The fourth-order valence-electron chi connectivity index (χ4n) is 3.98. The van der Waals surface area contributed by atoms with E-state index in [4.69, 9.17) is 0 Å². The second-order valence-electron chi connectivity index (χ2n) is 7.52. The number of benzene rings is 1. The van der Waals surface area contributed by atoms with Crippen molar-refractivity contribution in [3.63, 3.8) is 0 Å². The Morgan fingerprint density at radius 3 is 2.60 bits per heavy atom. The summed E-state index contributed by atoms with van der Waals surface area (Å²) in [5.41, 5.74) is 1.41. The highest BCUT2D eigenvalue weighted by atomic mass is 16.3. The molecule has 136 valence electrons. The van der Waals surface area contributed by atoms with Crippen molar-refractivity contribution in [2.75, 3.05) is 19.7 Å². The number of nitrogens with one attached hydrogen (secondary N) is 1. The highest BCUT2D eigenvalue weighted by Gasteiger charge is 2.28. The molecule has 1 saturated heterocycles. The largest absolute Gasteiger partial charge is 0.396 e. The number of amides is 1. The van der Waals surface area contributed by atoms with Gasteiger partial charge in [0.25, 0.3) is 0 Å². The van der Waals surface area contributed by atoms with Gasteiger partial charge in [-0.1, -0.05) is 42.5 Å². The zero-order valence-electron chi connectivity index (χ0n) is 15.1. The molecule has 1 aliphatic carbocycles. The molecule has 0 saturated carbocycles. The molecule has 1 aliphatic heterocycles. The summed E-state index contributed by atoms with van der Waals surface area (Å²) in [6.07, 6.45) is 8.28. The quantitative estimate of drug-likeness (QED) is 0.781. The summed E-state index contributed by atoms with van der Waals surface area (Å²) in [6, 6.07) is 10.7. The SMILES string of the molecule is C[C@H](C(=O)N[C@@H]1C=C[C@H](CO)C1)N1CCC(Cc2ccccc2)CC1. The molecule has 0 spiro atoms. The first kappa shape index (κ1) is 18.2. The van der Waals surface area contributed by atoms with E-state index >= 15 is 0 Å². The third kappa shape index (κ3) is 4.93. The zero-order valence-corrected chi connectivity index (χ0v) is 15.1. The van der Waals surface area contributed by atoms with Gasteiger partial charge in [-0.2, -0.15) is 0 Å². The summed E-state index contributed by atoms with van der Waals surface area (Å²) in [4.78, 5) is 14.8. The predicted molar refractivity (Wildman–Crippen MR) is 100 cm³/mol. The molecule has 4 heteroatoms. The predicted octanol–water partition coefficient (Wildman–Crippen LogP) is 2.38. The van der Waals surface area contributed by atoms with Crippen molar-refractivity contribution in [2.45, 2.75) is 44.7 Å². The van der Waals surface area contributed by atoms with E-state index in [-0.39, 0.29) is 30.5 Å². The van der Waals surface area contributed by atoms with Gasteiger partial charge < -0.3 is 10.4 Å². The Bertz CT molecular complexity index is 579. The minimum atomic E-state index is -0.0840. The Labute approximate surface area is 150 Å². The van der Waals surface area contributed by atoms with Crippen LogP contribution in [0.3, 0.4) is 0 Å². The van der Waals surface area contributed by atoms with Gasteiger partial charge in [0, 0.05) is 18.6 Å². The van der Waals surface area contributed by atoms with E-state index < -0.39 is 0 Å². The molecule has 1 fully saturated rings. The van der Waals surface area contributed by atoms with Crippen LogP contribution in [0.1, 0.15) is 31.7 Å². The molecule has 25 heavy (non-hydrogen) atoms. The summed E-state index contributed by atoms with van der Waals surface area (Å²) in [5, 5.41) is 12.3. The van der Waals surface area contributed by atoms with Crippen LogP contribution in [-0.2, 0) is 11.2 Å². The Hall–Kier alpha value is -1.65. The monoisotopic (exact) mass is 342 g/mol. The van der Waals surface area contributed by atoms with Crippen LogP contribution in [0.5, 0.6) is 0 Å². The van der Waals surface area contributed by atoms with Crippen LogP contribution in [0, 0.1) is 11.8 Å². The molecule has 3 atom stereocenters. The topological polar surface area (TPSA) is 52.6 Å². The number of hydrogen-bond acceptors (Lipinski definition) is 3. The number of aliphatic hydroxyl groups is 1. The first-order valence-electron chi connectivity index (χ1n) is 9.53. The van der Waals surface area contributed by atoms with Crippen molar-refractivity contribution in [1.82, 2.24) is 10.2 Å². The highest BCUT2D eigenvalue weighted by molar-refractivity contribution is 5.81. The Balaban J connectivity index is 1.42. The maximum atomic E-state index is 12.5. The van der Waals surface area contributed by atoms with E-state index in [0.29, 0.717) is 0 Å². The minimum Gasteiger partial charge on any atom is -0.396 e. The molecule has 0 unspecified atom stereocenters.